The van der Waals surface area contributed by atoms with Gasteiger partial charge in [-0.3, -0.25) is 4.79 Å². The van der Waals surface area contributed by atoms with Crippen molar-refractivity contribution in [1.82, 2.24) is 4.90 Å². The summed E-state index contributed by atoms with van der Waals surface area (Å²) in [7, 11) is 0. The molecule has 1 aromatic heterocycles. The maximum Gasteiger partial charge on any atom is 0.257 e. The topological polar surface area (TPSA) is 53.7 Å². The molecule has 94 valence electrons. The van der Waals surface area contributed by atoms with Crippen molar-refractivity contribution in [3.05, 3.63) is 23.2 Å². The fourth-order valence-corrected chi connectivity index (χ4v) is 2.25. The van der Waals surface area contributed by atoms with Crippen LogP contribution in [0.25, 0.3) is 0 Å². The monoisotopic (exact) mass is 237 g/mol. The molecule has 0 bridgehead atoms. The smallest absolute Gasteiger partial charge is 0.257 e. The van der Waals surface area contributed by atoms with E-state index in [2.05, 4.69) is 0 Å². The first-order valence-electron chi connectivity index (χ1n) is 6.12. The molecule has 4 nitrogen and oxygen atoms in total. The maximum atomic E-state index is 12.4. The van der Waals surface area contributed by atoms with E-state index in [1.54, 1.807) is 17.9 Å². The minimum atomic E-state index is -0.0156. The minimum Gasteiger partial charge on any atom is -0.466 e. The molecule has 1 heterocycles. The Hall–Kier alpha value is -1.29. The van der Waals surface area contributed by atoms with Crippen molar-refractivity contribution in [2.45, 2.75) is 39.2 Å². The van der Waals surface area contributed by atoms with Crippen LogP contribution in [0.4, 0.5) is 0 Å². The maximum absolute atomic E-state index is 12.4. The number of hydrogen-bond donors (Lipinski definition) is 1. The molecule has 0 atom stereocenters. The summed E-state index contributed by atoms with van der Waals surface area (Å²) in [5.74, 6) is 1.40. The second-order valence-corrected chi connectivity index (χ2v) is 4.63. The Bertz CT molecular complexity index is 407. The molecule has 1 aliphatic rings. The number of carbonyl (C=O) groups is 1. The molecular formula is C13H19NO3. The van der Waals surface area contributed by atoms with Gasteiger partial charge in [-0.2, -0.15) is 0 Å². The molecule has 0 radical (unpaired) electrons. The van der Waals surface area contributed by atoms with Crippen molar-refractivity contribution in [3.8, 4) is 0 Å². The number of amides is 1. The van der Waals surface area contributed by atoms with Crippen molar-refractivity contribution in [1.29, 1.82) is 0 Å². The summed E-state index contributed by atoms with van der Waals surface area (Å²) in [5, 5.41) is 9.06. The Kier molecular flexibility index (Phi) is 3.52. The van der Waals surface area contributed by atoms with Crippen molar-refractivity contribution < 1.29 is 14.3 Å². The van der Waals surface area contributed by atoms with E-state index in [1.165, 1.54) is 6.42 Å². The highest BCUT2D eigenvalue weighted by Gasteiger charge is 2.30. The van der Waals surface area contributed by atoms with Crippen molar-refractivity contribution in [2.24, 2.45) is 0 Å². The summed E-state index contributed by atoms with van der Waals surface area (Å²) in [6.45, 7) is 4.06. The van der Waals surface area contributed by atoms with Gasteiger partial charge < -0.3 is 14.4 Å². The molecule has 1 fully saturated rings. The van der Waals surface area contributed by atoms with E-state index in [9.17, 15) is 4.79 Å². The highest BCUT2D eigenvalue weighted by Crippen LogP contribution is 2.27. The summed E-state index contributed by atoms with van der Waals surface area (Å²) in [4.78, 5) is 14.1. The Morgan fingerprint density at radius 1 is 1.53 bits per heavy atom. The lowest BCUT2D eigenvalue weighted by Gasteiger charge is -2.37. The normalized spacial score (nSPS) is 15.7. The number of aryl methyl sites for hydroxylation is 2. The SMILES string of the molecule is Cc1cc(C(=O)N(CCO)C2CCC2)c(C)o1. The van der Waals surface area contributed by atoms with Crippen molar-refractivity contribution in [3.63, 3.8) is 0 Å². The fourth-order valence-electron chi connectivity index (χ4n) is 2.25. The first-order chi connectivity index (χ1) is 8.13. The van der Waals surface area contributed by atoms with Gasteiger partial charge in [-0.25, -0.2) is 0 Å². The number of furan rings is 1. The van der Waals surface area contributed by atoms with E-state index in [1.807, 2.05) is 6.92 Å². The van der Waals surface area contributed by atoms with Crippen molar-refractivity contribution >= 4 is 5.91 Å². The van der Waals surface area contributed by atoms with Crippen LogP contribution in [-0.4, -0.2) is 35.1 Å². The zero-order chi connectivity index (χ0) is 12.4. The Balaban J connectivity index is 2.17. The van der Waals surface area contributed by atoms with Gasteiger partial charge in [0.1, 0.15) is 11.5 Å². The summed E-state index contributed by atoms with van der Waals surface area (Å²) >= 11 is 0. The lowest BCUT2D eigenvalue weighted by molar-refractivity contribution is 0.0524. The van der Waals surface area contributed by atoms with E-state index < -0.39 is 0 Å². The van der Waals surface area contributed by atoms with Crippen LogP contribution in [0.15, 0.2) is 10.5 Å². The van der Waals surface area contributed by atoms with E-state index in [4.69, 9.17) is 9.52 Å². The molecule has 17 heavy (non-hydrogen) atoms. The first-order valence-corrected chi connectivity index (χ1v) is 6.12. The van der Waals surface area contributed by atoms with E-state index in [0.717, 1.165) is 18.6 Å². The Morgan fingerprint density at radius 2 is 2.24 bits per heavy atom. The van der Waals surface area contributed by atoms with E-state index in [0.29, 0.717) is 23.9 Å². The van der Waals surface area contributed by atoms with Gasteiger partial charge in [-0.15, -0.1) is 0 Å². The van der Waals surface area contributed by atoms with E-state index >= 15 is 0 Å². The van der Waals surface area contributed by atoms with Crippen LogP contribution in [0.5, 0.6) is 0 Å². The number of nitrogens with zero attached hydrogens (tertiary/aromatic N) is 1. The van der Waals surface area contributed by atoms with Gasteiger partial charge in [0.25, 0.3) is 5.91 Å². The number of aliphatic hydroxyl groups is 1. The highest BCUT2D eigenvalue weighted by molar-refractivity contribution is 5.95. The van der Waals surface area contributed by atoms with E-state index in [-0.39, 0.29) is 12.5 Å². The molecule has 1 aliphatic carbocycles. The largest absolute Gasteiger partial charge is 0.466 e. The summed E-state index contributed by atoms with van der Waals surface area (Å²) in [5.41, 5.74) is 0.628. The zero-order valence-corrected chi connectivity index (χ0v) is 10.4. The lowest BCUT2D eigenvalue weighted by atomic mass is 9.91. The predicted molar refractivity (Wildman–Crippen MR) is 63.9 cm³/mol. The molecular weight excluding hydrogens is 218 g/mol. The van der Waals surface area contributed by atoms with Gasteiger partial charge >= 0.3 is 0 Å². The molecule has 2 rings (SSSR count). The average Bonchev–Trinajstić information content (AvgIpc) is 2.53. The quantitative estimate of drug-likeness (QED) is 0.870. The molecule has 1 N–H and O–H groups in total. The number of rotatable bonds is 4. The third-order valence-electron chi connectivity index (χ3n) is 3.39. The minimum absolute atomic E-state index is 0.0120. The standard InChI is InChI=1S/C13H19NO3/c1-9-8-12(10(2)17-9)13(16)14(6-7-15)11-4-3-5-11/h8,11,15H,3-7H2,1-2H3. The summed E-state index contributed by atoms with van der Waals surface area (Å²) in [6.07, 6.45) is 3.26. The zero-order valence-electron chi connectivity index (χ0n) is 10.4. The highest BCUT2D eigenvalue weighted by atomic mass is 16.3. The van der Waals surface area contributed by atoms with Gasteiger partial charge in [0.2, 0.25) is 0 Å². The van der Waals surface area contributed by atoms with Crippen LogP contribution in [0.2, 0.25) is 0 Å². The van der Waals surface area contributed by atoms with Crippen LogP contribution < -0.4 is 0 Å². The summed E-state index contributed by atoms with van der Waals surface area (Å²) in [6, 6.07) is 2.07. The lowest BCUT2D eigenvalue weighted by Crippen LogP contribution is -2.45. The second-order valence-electron chi connectivity index (χ2n) is 4.63. The molecule has 0 aromatic carbocycles. The fraction of sp³-hybridized carbons (Fsp3) is 0.615. The van der Waals surface area contributed by atoms with Gasteiger partial charge in [0.05, 0.1) is 12.2 Å². The Labute approximate surface area is 101 Å². The van der Waals surface area contributed by atoms with Crippen LogP contribution in [-0.2, 0) is 0 Å². The Morgan fingerprint density at radius 3 is 2.65 bits per heavy atom. The third kappa shape index (κ3) is 2.36. The van der Waals surface area contributed by atoms with Crippen LogP contribution in [0.3, 0.4) is 0 Å². The average molecular weight is 237 g/mol. The van der Waals surface area contributed by atoms with Gasteiger partial charge in [0.15, 0.2) is 0 Å². The van der Waals surface area contributed by atoms with Gasteiger partial charge in [-0.1, -0.05) is 0 Å². The molecule has 1 saturated carbocycles. The van der Waals surface area contributed by atoms with Crippen LogP contribution >= 0.6 is 0 Å². The molecule has 1 aromatic rings. The van der Waals surface area contributed by atoms with Gasteiger partial charge in [-0.05, 0) is 39.2 Å². The predicted octanol–water partition coefficient (Wildman–Crippen LogP) is 1.88. The number of carbonyl (C=O) groups excluding carboxylic acids is 1. The molecule has 1 amide bonds. The molecule has 0 unspecified atom stereocenters. The second kappa shape index (κ2) is 4.92. The van der Waals surface area contributed by atoms with Crippen molar-refractivity contribution in [2.75, 3.05) is 13.2 Å². The first kappa shape index (κ1) is 12.2. The molecule has 4 heteroatoms. The van der Waals surface area contributed by atoms with Gasteiger partial charge in [0, 0.05) is 12.6 Å². The van der Waals surface area contributed by atoms with Crippen LogP contribution in [0, 0.1) is 13.8 Å². The molecule has 0 saturated heterocycles. The molecule has 0 aliphatic heterocycles. The number of hydrogen-bond acceptors (Lipinski definition) is 3. The third-order valence-corrected chi connectivity index (χ3v) is 3.39. The molecule has 0 spiro atoms. The van der Waals surface area contributed by atoms with Crippen LogP contribution in [0.1, 0.15) is 41.1 Å². The number of aliphatic hydroxyl groups excluding tert-OH is 1. The summed E-state index contributed by atoms with van der Waals surface area (Å²) < 4.78 is 5.39.